The number of carbonyl (C=O) groups is 2. The second-order valence-electron chi connectivity index (χ2n) is 4.13. The molecule has 3 N–H and O–H groups in total. The molecule has 1 rings (SSSR count). The fourth-order valence-electron chi connectivity index (χ4n) is 1.37. The lowest BCUT2D eigenvalue weighted by molar-refractivity contribution is 0.0949. The zero-order chi connectivity index (χ0) is 14.5. The highest BCUT2D eigenvalue weighted by Crippen LogP contribution is 2.03. The van der Waals surface area contributed by atoms with E-state index in [2.05, 4.69) is 15.0 Å². The topological polar surface area (TPSA) is 108 Å². The van der Waals surface area contributed by atoms with Crippen LogP contribution < -0.4 is 10.0 Å². The van der Waals surface area contributed by atoms with Gasteiger partial charge in [0.15, 0.2) is 5.78 Å². The molecule has 0 radical (unpaired) electrons. The fraction of sp³-hybridized carbons (Fsp3) is 0.455. The highest BCUT2D eigenvalue weighted by Gasteiger charge is 2.09. The Bertz CT molecular complexity index is 562. The van der Waals surface area contributed by atoms with Crippen LogP contribution in [0.2, 0.25) is 0 Å². The molecular formula is C11H17N3O4S. The van der Waals surface area contributed by atoms with Crippen molar-refractivity contribution in [1.29, 1.82) is 0 Å². The summed E-state index contributed by atoms with van der Waals surface area (Å²) in [5, 5.41) is 2.62. The Hall–Kier alpha value is -1.67. The van der Waals surface area contributed by atoms with E-state index in [4.69, 9.17) is 0 Å². The van der Waals surface area contributed by atoms with Gasteiger partial charge < -0.3 is 10.3 Å². The summed E-state index contributed by atoms with van der Waals surface area (Å²) in [4.78, 5) is 25.4. The van der Waals surface area contributed by atoms with E-state index in [0.29, 0.717) is 24.2 Å². The van der Waals surface area contributed by atoms with Gasteiger partial charge in [-0.2, -0.15) is 0 Å². The van der Waals surface area contributed by atoms with Gasteiger partial charge >= 0.3 is 0 Å². The monoisotopic (exact) mass is 287 g/mol. The van der Waals surface area contributed by atoms with Gasteiger partial charge in [-0.15, -0.1) is 0 Å². The molecule has 0 aromatic carbocycles. The van der Waals surface area contributed by atoms with Gasteiger partial charge in [0.05, 0.1) is 6.26 Å². The minimum absolute atomic E-state index is 0.118. The first-order chi connectivity index (χ1) is 8.79. The van der Waals surface area contributed by atoms with E-state index in [1.807, 2.05) is 0 Å². The molecule has 0 saturated heterocycles. The zero-order valence-electron chi connectivity index (χ0n) is 10.8. The van der Waals surface area contributed by atoms with Gasteiger partial charge in [0, 0.05) is 24.8 Å². The average molecular weight is 287 g/mol. The van der Waals surface area contributed by atoms with Crippen LogP contribution in [0.3, 0.4) is 0 Å². The number of carbonyl (C=O) groups excluding carboxylic acids is 2. The Morgan fingerprint density at radius 3 is 2.53 bits per heavy atom. The molecule has 0 aliphatic rings. The Kier molecular flexibility index (Phi) is 5.25. The molecule has 8 heteroatoms. The molecule has 0 spiro atoms. The number of hydrogen-bond donors (Lipinski definition) is 3. The largest absolute Gasteiger partial charge is 0.356 e. The van der Waals surface area contributed by atoms with Gasteiger partial charge in [0.25, 0.3) is 5.91 Å². The van der Waals surface area contributed by atoms with Crippen molar-refractivity contribution < 1.29 is 18.0 Å². The number of sulfonamides is 1. The maximum absolute atomic E-state index is 11.6. The number of aromatic amines is 1. The lowest BCUT2D eigenvalue weighted by Crippen LogP contribution is -2.29. The van der Waals surface area contributed by atoms with Crippen molar-refractivity contribution in [3.05, 3.63) is 23.5 Å². The number of nitrogens with one attached hydrogen (secondary N) is 3. The van der Waals surface area contributed by atoms with E-state index in [1.165, 1.54) is 19.2 Å². The summed E-state index contributed by atoms with van der Waals surface area (Å²) in [6.07, 6.45) is 3.04. The van der Waals surface area contributed by atoms with E-state index in [1.54, 1.807) is 0 Å². The Balaban J connectivity index is 2.33. The predicted molar refractivity (Wildman–Crippen MR) is 70.6 cm³/mol. The van der Waals surface area contributed by atoms with Crippen LogP contribution in [0.15, 0.2) is 12.3 Å². The van der Waals surface area contributed by atoms with Crippen molar-refractivity contribution >= 4 is 21.7 Å². The zero-order valence-corrected chi connectivity index (χ0v) is 11.6. The third-order valence-electron chi connectivity index (χ3n) is 2.34. The highest BCUT2D eigenvalue weighted by atomic mass is 32.2. The first-order valence-electron chi connectivity index (χ1n) is 5.72. The van der Waals surface area contributed by atoms with Gasteiger partial charge in [0.2, 0.25) is 10.0 Å². The van der Waals surface area contributed by atoms with Crippen LogP contribution in [-0.2, 0) is 10.0 Å². The summed E-state index contributed by atoms with van der Waals surface area (Å²) in [5.74, 6) is -0.445. The van der Waals surface area contributed by atoms with E-state index in [0.717, 1.165) is 6.26 Å². The van der Waals surface area contributed by atoms with Crippen molar-refractivity contribution in [2.75, 3.05) is 19.3 Å². The van der Waals surface area contributed by atoms with Crippen LogP contribution >= 0.6 is 0 Å². The van der Waals surface area contributed by atoms with Gasteiger partial charge in [-0.25, -0.2) is 13.1 Å². The number of rotatable bonds is 7. The highest BCUT2D eigenvalue weighted by molar-refractivity contribution is 7.88. The third kappa shape index (κ3) is 5.66. The molecule has 0 aliphatic heterocycles. The standard InChI is InChI=1S/C11H17N3O4S/c1-8(15)9-6-10(13-7-9)11(16)12-4-3-5-14-19(2,17)18/h6-7,13-14H,3-5H2,1-2H3,(H,12,16). The van der Waals surface area contributed by atoms with Gasteiger partial charge in [-0.1, -0.05) is 0 Å². The maximum atomic E-state index is 11.6. The number of amides is 1. The molecule has 0 unspecified atom stereocenters. The first-order valence-corrected chi connectivity index (χ1v) is 7.61. The van der Waals surface area contributed by atoms with Gasteiger partial charge in [-0.05, 0) is 19.4 Å². The number of H-pyrrole nitrogens is 1. The fourth-order valence-corrected chi connectivity index (χ4v) is 1.89. The van der Waals surface area contributed by atoms with E-state index < -0.39 is 10.0 Å². The maximum Gasteiger partial charge on any atom is 0.267 e. The molecule has 0 fully saturated rings. The SMILES string of the molecule is CC(=O)c1c[nH]c(C(=O)NCCCNS(C)(=O)=O)c1. The van der Waals surface area contributed by atoms with Crippen LogP contribution in [-0.4, -0.2) is 44.4 Å². The molecule has 0 aliphatic carbocycles. The van der Waals surface area contributed by atoms with Crippen molar-refractivity contribution in [1.82, 2.24) is 15.0 Å². The van der Waals surface area contributed by atoms with Crippen molar-refractivity contribution in [3.63, 3.8) is 0 Å². The lowest BCUT2D eigenvalue weighted by Gasteiger charge is -2.04. The summed E-state index contributed by atoms with van der Waals surface area (Å²) < 4.78 is 23.9. The summed E-state index contributed by atoms with van der Waals surface area (Å²) in [6, 6.07) is 1.48. The third-order valence-corrected chi connectivity index (χ3v) is 3.07. The smallest absolute Gasteiger partial charge is 0.267 e. The van der Waals surface area contributed by atoms with Crippen molar-refractivity contribution in [2.24, 2.45) is 0 Å². The number of Topliss-reactive ketones (excluding diaryl/α,β-unsaturated/α-hetero) is 1. The van der Waals surface area contributed by atoms with Crippen LogP contribution in [0.1, 0.15) is 34.2 Å². The summed E-state index contributed by atoms with van der Waals surface area (Å²) in [5.41, 5.74) is 0.755. The summed E-state index contributed by atoms with van der Waals surface area (Å²) in [6.45, 7) is 2.03. The summed E-state index contributed by atoms with van der Waals surface area (Å²) >= 11 is 0. The number of hydrogen-bond acceptors (Lipinski definition) is 4. The van der Waals surface area contributed by atoms with E-state index in [9.17, 15) is 18.0 Å². The normalized spacial score (nSPS) is 11.3. The second-order valence-corrected chi connectivity index (χ2v) is 5.97. The minimum Gasteiger partial charge on any atom is -0.356 e. The Morgan fingerprint density at radius 2 is 2.00 bits per heavy atom. The number of ketones is 1. The van der Waals surface area contributed by atoms with Crippen LogP contribution in [0.5, 0.6) is 0 Å². The lowest BCUT2D eigenvalue weighted by atomic mass is 10.2. The molecule has 0 atom stereocenters. The Labute approximate surface area is 111 Å². The molecule has 1 aromatic heterocycles. The van der Waals surface area contributed by atoms with Crippen LogP contribution in [0.4, 0.5) is 0 Å². The first kappa shape index (κ1) is 15.4. The van der Waals surface area contributed by atoms with E-state index in [-0.39, 0.29) is 18.2 Å². The number of aromatic nitrogens is 1. The molecular weight excluding hydrogens is 270 g/mol. The molecule has 106 valence electrons. The van der Waals surface area contributed by atoms with Crippen molar-refractivity contribution in [3.8, 4) is 0 Å². The molecule has 7 nitrogen and oxygen atoms in total. The molecule has 0 saturated carbocycles. The predicted octanol–water partition coefficient (Wildman–Crippen LogP) is -0.114. The second kappa shape index (κ2) is 6.48. The minimum atomic E-state index is -3.19. The van der Waals surface area contributed by atoms with Crippen LogP contribution in [0.25, 0.3) is 0 Å². The molecule has 0 bridgehead atoms. The molecule has 1 aromatic rings. The van der Waals surface area contributed by atoms with Crippen LogP contribution in [0, 0.1) is 0 Å². The Morgan fingerprint density at radius 1 is 1.32 bits per heavy atom. The van der Waals surface area contributed by atoms with E-state index >= 15 is 0 Å². The molecule has 1 amide bonds. The average Bonchev–Trinajstić information content (AvgIpc) is 2.76. The van der Waals surface area contributed by atoms with Crippen molar-refractivity contribution in [2.45, 2.75) is 13.3 Å². The van der Waals surface area contributed by atoms with Gasteiger partial charge in [-0.3, -0.25) is 9.59 Å². The molecule has 1 heterocycles. The van der Waals surface area contributed by atoms with Gasteiger partial charge in [0.1, 0.15) is 5.69 Å². The quantitative estimate of drug-likeness (QED) is 0.480. The summed E-state index contributed by atoms with van der Waals surface area (Å²) in [7, 11) is -3.19. The molecule has 19 heavy (non-hydrogen) atoms.